The average molecular weight is 362 g/mol. The molecule has 0 unspecified atom stereocenters. The minimum Gasteiger partial charge on any atom is -0.213 e. The lowest BCUT2D eigenvalue weighted by atomic mass is 10.1. The number of nitrogens with zero attached hydrogens (tertiary/aromatic N) is 5. The van der Waals surface area contributed by atoms with Gasteiger partial charge in [-0.3, -0.25) is 0 Å². The molecule has 0 bridgehead atoms. The maximum Gasteiger partial charge on any atom is 0.264 e. The molecule has 128 valence electrons. The summed E-state index contributed by atoms with van der Waals surface area (Å²) in [7, 11) is 0. The topological polar surface area (TPSA) is 48.0 Å². The van der Waals surface area contributed by atoms with Gasteiger partial charge in [0.25, 0.3) is 6.43 Å². The highest BCUT2D eigenvalue weighted by Gasteiger charge is 2.23. The molecule has 0 amide bonds. The van der Waals surface area contributed by atoms with E-state index >= 15 is 0 Å². The van der Waals surface area contributed by atoms with E-state index in [0.717, 1.165) is 5.39 Å². The van der Waals surface area contributed by atoms with Gasteiger partial charge in [-0.1, -0.05) is 30.7 Å². The molecule has 5 nitrogen and oxygen atoms in total. The van der Waals surface area contributed by atoms with Crippen LogP contribution in [0.15, 0.2) is 30.5 Å². The van der Waals surface area contributed by atoms with E-state index in [0.29, 0.717) is 39.8 Å². The highest BCUT2D eigenvalue weighted by Crippen LogP contribution is 2.32. The summed E-state index contributed by atoms with van der Waals surface area (Å²) in [6.45, 7) is 3.55. The van der Waals surface area contributed by atoms with E-state index in [4.69, 9.17) is 11.6 Å². The van der Waals surface area contributed by atoms with Crippen LogP contribution in [0.3, 0.4) is 0 Å². The number of benzene rings is 1. The van der Waals surface area contributed by atoms with Crippen LogP contribution in [0.5, 0.6) is 0 Å². The number of para-hydroxylation sites is 1. The summed E-state index contributed by atoms with van der Waals surface area (Å²) in [6.07, 6.45) is -0.561. The molecule has 0 fully saturated rings. The van der Waals surface area contributed by atoms with Crippen molar-refractivity contribution in [2.24, 2.45) is 0 Å². The Morgan fingerprint density at radius 1 is 1.28 bits per heavy atom. The Morgan fingerprint density at radius 2 is 2.08 bits per heavy atom. The molecule has 0 saturated carbocycles. The number of rotatable bonds is 3. The number of alkyl halides is 2. The third-order valence-electron chi connectivity index (χ3n) is 4.17. The van der Waals surface area contributed by atoms with E-state index in [1.807, 2.05) is 19.1 Å². The maximum atomic E-state index is 13.7. The lowest BCUT2D eigenvalue weighted by Gasteiger charge is -2.15. The van der Waals surface area contributed by atoms with E-state index in [1.165, 1.54) is 6.07 Å². The third kappa shape index (κ3) is 2.38. The van der Waals surface area contributed by atoms with Gasteiger partial charge in [0.1, 0.15) is 5.82 Å². The quantitative estimate of drug-likeness (QED) is 0.538. The van der Waals surface area contributed by atoms with Crippen molar-refractivity contribution in [2.45, 2.75) is 26.7 Å². The van der Waals surface area contributed by atoms with Gasteiger partial charge in [-0.05, 0) is 25.5 Å². The standard InChI is InChI=1S/C17H14ClF2N5/c1-3-11-12(16(19)20)7-14-22-9(2)23-24(14)17(11)25-15-10(8-21-25)5-4-6-13(15)18/h4-8,16H,3H2,1-2H3. The van der Waals surface area contributed by atoms with E-state index in [2.05, 4.69) is 15.2 Å². The van der Waals surface area contributed by atoms with Gasteiger partial charge in [0.2, 0.25) is 0 Å². The summed E-state index contributed by atoms with van der Waals surface area (Å²) in [5.41, 5.74) is 1.42. The van der Waals surface area contributed by atoms with Crippen molar-refractivity contribution in [3.8, 4) is 5.82 Å². The summed E-state index contributed by atoms with van der Waals surface area (Å²) in [6, 6.07) is 6.83. The number of halogens is 3. The molecule has 0 aliphatic heterocycles. The van der Waals surface area contributed by atoms with Crippen LogP contribution >= 0.6 is 11.6 Å². The third-order valence-corrected chi connectivity index (χ3v) is 4.48. The molecular formula is C17H14ClF2N5. The Balaban J connectivity index is 2.19. The van der Waals surface area contributed by atoms with Crippen LogP contribution in [0, 0.1) is 6.92 Å². The van der Waals surface area contributed by atoms with Crippen molar-refractivity contribution in [2.75, 3.05) is 0 Å². The van der Waals surface area contributed by atoms with Gasteiger partial charge in [0, 0.05) is 16.5 Å². The molecule has 4 aromatic rings. The largest absolute Gasteiger partial charge is 0.264 e. The smallest absolute Gasteiger partial charge is 0.213 e. The second-order valence-corrected chi connectivity index (χ2v) is 6.13. The van der Waals surface area contributed by atoms with Crippen molar-refractivity contribution >= 4 is 28.2 Å². The van der Waals surface area contributed by atoms with Crippen LogP contribution in [0.4, 0.5) is 8.78 Å². The maximum absolute atomic E-state index is 13.7. The Bertz CT molecular complexity index is 1100. The van der Waals surface area contributed by atoms with Crippen LogP contribution in [-0.4, -0.2) is 24.4 Å². The minimum atomic E-state index is -2.62. The lowest BCUT2D eigenvalue weighted by Crippen LogP contribution is -2.12. The van der Waals surface area contributed by atoms with E-state index < -0.39 is 6.43 Å². The Labute approximate surface area is 146 Å². The molecule has 0 radical (unpaired) electrons. The van der Waals surface area contributed by atoms with Crippen LogP contribution in [0.25, 0.3) is 22.4 Å². The van der Waals surface area contributed by atoms with Gasteiger partial charge < -0.3 is 0 Å². The predicted octanol–water partition coefficient (Wildman–Crippen LogP) is 4.53. The summed E-state index contributed by atoms with van der Waals surface area (Å²) in [5.74, 6) is 0.941. The highest BCUT2D eigenvalue weighted by molar-refractivity contribution is 6.35. The summed E-state index contributed by atoms with van der Waals surface area (Å²) in [4.78, 5) is 4.25. The molecule has 0 aliphatic carbocycles. The number of hydrogen-bond acceptors (Lipinski definition) is 3. The summed E-state index contributed by atoms with van der Waals surface area (Å²) < 4.78 is 30.4. The number of aryl methyl sites for hydroxylation is 1. The fourth-order valence-electron chi connectivity index (χ4n) is 3.14. The number of hydrogen-bond donors (Lipinski definition) is 0. The predicted molar refractivity (Wildman–Crippen MR) is 91.7 cm³/mol. The molecule has 8 heteroatoms. The Kier molecular flexibility index (Phi) is 3.68. The first-order valence-electron chi connectivity index (χ1n) is 7.81. The molecule has 1 aromatic carbocycles. The molecule has 0 N–H and O–H groups in total. The number of aromatic nitrogens is 5. The molecular weight excluding hydrogens is 348 g/mol. The zero-order chi connectivity index (χ0) is 17.7. The van der Waals surface area contributed by atoms with Gasteiger partial charge in [-0.25, -0.2) is 18.4 Å². The van der Waals surface area contributed by atoms with Crippen LogP contribution in [0.2, 0.25) is 5.02 Å². The average Bonchev–Trinajstić information content (AvgIpc) is 3.16. The summed E-state index contributed by atoms with van der Waals surface area (Å²) >= 11 is 6.35. The molecule has 0 aliphatic rings. The second-order valence-electron chi connectivity index (χ2n) is 5.72. The van der Waals surface area contributed by atoms with E-state index in [-0.39, 0.29) is 5.56 Å². The highest BCUT2D eigenvalue weighted by atomic mass is 35.5. The minimum absolute atomic E-state index is 0.0619. The zero-order valence-corrected chi connectivity index (χ0v) is 14.3. The Morgan fingerprint density at radius 3 is 2.80 bits per heavy atom. The Hall–Kier alpha value is -2.54. The van der Waals surface area contributed by atoms with E-state index in [1.54, 1.807) is 28.4 Å². The van der Waals surface area contributed by atoms with Crippen LogP contribution in [-0.2, 0) is 6.42 Å². The first kappa shape index (κ1) is 16.0. The first-order valence-corrected chi connectivity index (χ1v) is 8.19. The molecule has 0 saturated heterocycles. The van der Waals surface area contributed by atoms with Crippen molar-refractivity contribution in [1.29, 1.82) is 0 Å². The van der Waals surface area contributed by atoms with E-state index in [9.17, 15) is 8.78 Å². The van der Waals surface area contributed by atoms with Crippen LogP contribution in [0.1, 0.15) is 30.3 Å². The fourth-order valence-corrected chi connectivity index (χ4v) is 3.40. The first-order chi connectivity index (χ1) is 12.0. The van der Waals surface area contributed by atoms with Crippen LogP contribution < -0.4 is 0 Å². The normalized spacial score (nSPS) is 11.9. The SMILES string of the molecule is CCc1c(C(F)F)cc2nc(C)nn2c1-n1ncc2cccc(Cl)c21. The second kappa shape index (κ2) is 5.77. The number of pyridine rings is 1. The molecule has 25 heavy (non-hydrogen) atoms. The zero-order valence-electron chi connectivity index (χ0n) is 13.5. The fraction of sp³-hybridized carbons (Fsp3) is 0.235. The summed E-state index contributed by atoms with van der Waals surface area (Å²) in [5, 5.41) is 10.1. The van der Waals surface area contributed by atoms with Crippen molar-refractivity contribution in [3.63, 3.8) is 0 Å². The molecule has 4 rings (SSSR count). The lowest BCUT2D eigenvalue weighted by molar-refractivity contribution is 0.150. The van der Waals surface area contributed by atoms with Gasteiger partial charge in [-0.2, -0.15) is 9.61 Å². The van der Waals surface area contributed by atoms with Gasteiger partial charge in [-0.15, -0.1) is 5.10 Å². The van der Waals surface area contributed by atoms with Crippen molar-refractivity contribution in [1.82, 2.24) is 24.4 Å². The van der Waals surface area contributed by atoms with Crippen molar-refractivity contribution in [3.05, 3.63) is 52.4 Å². The molecule has 3 heterocycles. The molecule has 0 spiro atoms. The molecule has 0 atom stereocenters. The molecule has 3 aromatic heterocycles. The van der Waals surface area contributed by atoms with Crippen molar-refractivity contribution < 1.29 is 8.78 Å². The van der Waals surface area contributed by atoms with Gasteiger partial charge in [0.15, 0.2) is 11.5 Å². The number of fused-ring (bicyclic) bond motifs is 2. The van der Waals surface area contributed by atoms with Gasteiger partial charge in [0.05, 0.1) is 16.7 Å². The monoisotopic (exact) mass is 361 g/mol. The van der Waals surface area contributed by atoms with Gasteiger partial charge >= 0.3 is 0 Å².